The van der Waals surface area contributed by atoms with Crippen LogP contribution in [0.4, 0.5) is 0 Å². The van der Waals surface area contributed by atoms with Gasteiger partial charge in [-0.2, -0.15) is 0 Å². The van der Waals surface area contributed by atoms with E-state index in [4.69, 9.17) is 11.2 Å². The number of amides is 1. The first-order valence-corrected chi connectivity index (χ1v) is 8.97. The number of benzene rings is 1. The van der Waals surface area contributed by atoms with Crippen LogP contribution in [-0.2, 0) is 0 Å². The monoisotopic (exact) mass is 339 g/mol. The molecule has 130 valence electrons. The van der Waals surface area contributed by atoms with Crippen molar-refractivity contribution in [2.24, 2.45) is 23.7 Å². The number of aliphatic hydroxyl groups excluding tert-OH is 2. The molecule has 1 saturated heterocycles. The molecule has 4 bridgehead atoms. The van der Waals surface area contributed by atoms with Crippen LogP contribution in [0.1, 0.15) is 23.2 Å². The molecule has 5 rings (SSSR count). The highest BCUT2D eigenvalue weighted by atomic mass is 16.5. The van der Waals surface area contributed by atoms with E-state index in [-0.39, 0.29) is 42.4 Å². The maximum Gasteiger partial charge on any atom is 0.254 e. The Morgan fingerprint density at radius 2 is 1.92 bits per heavy atom. The van der Waals surface area contributed by atoms with Crippen LogP contribution in [-0.4, -0.2) is 51.9 Å². The average molecular weight is 339 g/mol. The molecule has 4 aliphatic rings. The summed E-state index contributed by atoms with van der Waals surface area (Å²) < 4.78 is 5.35. The summed E-state index contributed by atoms with van der Waals surface area (Å²) in [7, 11) is 0. The van der Waals surface area contributed by atoms with E-state index in [0.29, 0.717) is 17.2 Å². The fourth-order valence-corrected chi connectivity index (χ4v) is 6.15. The van der Waals surface area contributed by atoms with Crippen LogP contribution >= 0.6 is 0 Å². The average Bonchev–Trinajstić information content (AvgIpc) is 3.19. The summed E-state index contributed by atoms with van der Waals surface area (Å²) in [5, 5.41) is 21.4. The number of fused-ring (bicyclic) bond motifs is 3. The molecule has 0 spiro atoms. The standard InChI is InChI=1S/C20H21NO4/c1-2-7-25-11-5-3-10(4-6-11)20(24)21-15-9-12-13-8-14(16(12)19(15)23)17(21)18(13)22/h1,3-6,12-19,22-23H,7-9H2/t12-,13-,14+,15+,16+,17+,18+,19-/m1/s1. The van der Waals surface area contributed by atoms with Crippen molar-refractivity contribution in [1.29, 1.82) is 0 Å². The van der Waals surface area contributed by atoms with Crippen molar-refractivity contribution in [1.82, 2.24) is 4.90 Å². The molecule has 3 saturated carbocycles. The molecule has 25 heavy (non-hydrogen) atoms. The lowest BCUT2D eigenvalue weighted by Gasteiger charge is -2.48. The normalized spacial score (nSPS) is 42.7. The second-order valence-electron chi connectivity index (χ2n) is 7.81. The smallest absolute Gasteiger partial charge is 0.254 e. The first-order valence-electron chi connectivity index (χ1n) is 8.97. The number of ether oxygens (including phenoxy) is 1. The highest BCUT2D eigenvalue weighted by Crippen LogP contribution is 2.64. The number of terminal acetylenes is 1. The Kier molecular flexibility index (Phi) is 3.19. The second-order valence-corrected chi connectivity index (χ2v) is 7.81. The van der Waals surface area contributed by atoms with Crippen molar-refractivity contribution >= 4 is 5.91 Å². The zero-order valence-corrected chi connectivity index (χ0v) is 13.8. The summed E-state index contributed by atoms with van der Waals surface area (Å²) in [6.45, 7) is 0.188. The van der Waals surface area contributed by atoms with Crippen molar-refractivity contribution in [3.63, 3.8) is 0 Å². The van der Waals surface area contributed by atoms with E-state index in [1.165, 1.54) is 0 Å². The molecule has 0 unspecified atom stereocenters. The van der Waals surface area contributed by atoms with Gasteiger partial charge in [-0.3, -0.25) is 4.79 Å². The molecule has 8 atom stereocenters. The van der Waals surface area contributed by atoms with Crippen molar-refractivity contribution in [2.75, 3.05) is 6.61 Å². The molecule has 1 heterocycles. The Balaban J connectivity index is 1.45. The van der Waals surface area contributed by atoms with Gasteiger partial charge >= 0.3 is 0 Å². The van der Waals surface area contributed by atoms with Crippen LogP contribution in [0.3, 0.4) is 0 Å². The molecule has 2 N–H and O–H groups in total. The van der Waals surface area contributed by atoms with E-state index >= 15 is 0 Å². The van der Waals surface area contributed by atoms with E-state index < -0.39 is 12.2 Å². The van der Waals surface area contributed by atoms with Gasteiger partial charge in [-0.05, 0) is 60.8 Å². The van der Waals surface area contributed by atoms with Crippen LogP contribution in [0, 0.1) is 36.0 Å². The van der Waals surface area contributed by atoms with Gasteiger partial charge in [0.1, 0.15) is 12.4 Å². The lowest BCUT2D eigenvalue weighted by Crippen LogP contribution is -2.62. The van der Waals surface area contributed by atoms with Gasteiger partial charge in [0.2, 0.25) is 0 Å². The van der Waals surface area contributed by atoms with E-state index in [1.807, 2.05) is 0 Å². The van der Waals surface area contributed by atoms with Crippen LogP contribution in [0.25, 0.3) is 0 Å². The number of carbonyl (C=O) groups is 1. The van der Waals surface area contributed by atoms with Gasteiger partial charge in [0.05, 0.1) is 24.3 Å². The van der Waals surface area contributed by atoms with Gasteiger partial charge in [0, 0.05) is 5.56 Å². The van der Waals surface area contributed by atoms with Gasteiger partial charge in [-0.25, -0.2) is 0 Å². The molecule has 5 heteroatoms. The third-order valence-electron chi connectivity index (χ3n) is 6.95. The molecule has 1 amide bonds. The predicted octanol–water partition coefficient (Wildman–Crippen LogP) is 0.899. The number of carbonyl (C=O) groups excluding carboxylic acids is 1. The highest BCUT2D eigenvalue weighted by Gasteiger charge is 2.70. The van der Waals surface area contributed by atoms with E-state index in [2.05, 4.69) is 5.92 Å². The quantitative estimate of drug-likeness (QED) is 0.803. The third kappa shape index (κ3) is 1.90. The molecular weight excluding hydrogens is 318 g/mol. The second kappa shape index (κ2) is 5.23. The molecule has 1 aromatic rings. The highest BCUT2D eigenvalue weighted by molar-refractivity contribution is 5.95. The third-order valence-corrected chi connectivity index (χ3v) is 6.95. The van der Waals surface area contributed by atoms with E-state index in [1.54, 1.807) is 29.2 Å². The Morgan fingerprint density at radius 3 is 2.64 bits per heavy atom. The Bertz CT molecular complexity index is 754. The number of hydrogen-bond acceptors (Lipinski definition) is 4. The largest absolute Gasteiger partial charge is 0.481 e. The number of rotatable bonds is 3. The zero-order valence-electron chi connectivity index (χ0n) is 13.8. The molecule has 1 aromatic carbocycles. The maximum absolute atomic E-state index is 13.2. The van der Waals surface area contributed by atoms with Crippen LogP contribution in [0.5, 0.6) is 5.75 Å². The van der Waals surface area contributed by atoms with Gasteiger partial charge in [-0.1, -0.05) is 5.92 Å². The molecular formula is C20H21NO4. The Morgan fingerprint density at radius 1 is 1.16 bits per heavy atom. The number of nitrogens with zero attached hydrogens (tertiary/aromatic N) is 1. The van der Waals surface area contributed by atoms with Crippen molar-refractivity contribution in [2.45, 2.75) is 37.1 Å². The minimum Gasteiger partial charge on any atom is -0.481 e. The molecule has 0 aromatic heterocycles. The fourth-order valence-electron chi connectivity index (χ4n) is 6.15. The van der Waals surface area contributed by atoms with Crippen LogP contribution in [0.15, 0.2) is 24.3 Å². The van der Waals surface area contributed by atoms with Crippen molar-refractivity contribution in [3.05, 3.63) is 29.8 Å². The summed E-state index contributed by atoms with van der Waals surface area (Å²) in [5.41, 5.74) is 0.554. The Labute approximate surface area is 146 Å². The molecule has 3 aliphatic carbocycles. The van der Waals surface area contributed by atoms with Gasteiger partial charge in [0.15, 0.2) is 0 Å². The summed E-state index contributed by atoms with van der Waals surface area (Å²) in [6.07, 6.45) is 6.03. The van der Waals surface area contributed by atoms with Gasteiger partial charge in [0.25, 0.3) is 5.91 Å². The number of aliphatic hydroxyl groups is 2. The minimum atomic E-state index is -0.453. The number of hydrogen-bond donors (Lipinski definition) is 2. The predicted molar refractivity (Wildman–Crippen MR) is 89.7 cm³/mol. The summed E-state index contributed by atoms with van der Waals surface area (Å²) >= 11 is 0. The Hall–Kier alpha value is -2.03. The SMILES string of the molecule is C#CCOc1ccc(C(=O)N2[C@@H]3[C@@H](O)[C@@H]4C[C@H]3[C@H]3[C@H](O)[C@@H]2C[C@H]43)cc1. The number of piperidine rings is 1. The fraction of sp³-hybridized carbons (Fsp3) is 0.550. The summed E-state index contributed by atoms with van der Waals surface area (Å²) in [6, 6.07) is 6.61. The van der Waals surface area contributed by atoms with Crippen LogP contribution < -0.4 is 4.74 Å². The van der Waals surface area contributed by atoms with E-state index in [0.717, 1.165) is 12.8 Å². The first-order chi connectivity index (χ1) is 12.1. The maximum atomic E-state index is 13.2. The van der Waals surface area contributed by atoms with Gasteiger partial charge < -0.3 is 19.8 Å². The summed E-state index contributed by atoms with van der Waals surface area (Å²) in [4.78, 5) is 15.0. The van der Waals surface area contributed by atoms with Crippen molar-refractivity contribution in [3.8, 4) is 18.1 Å². The molecule has 0 radical (unpaired) electrons. The van der Waals surface area contributed by atoms with Crippen molar-refractivity contribution < 1.29 is 19.7 Å². The lowest BCUT2D eigenvalue weighted by molar-refractivity contribution is -0.0836. The molecule has 1 aliphatic heterocycles. The minimum absolute atomic E-state index is 0.108. The van der Waals surface area contributed by atoms with Gasteiger partial charge in [-0.15, -0.1) is 6.42 Å². The first kappa shape index (κ1) is 15.2. The van der Waals surface area contributed by atoms with Crippen LogP contribution in [0.2, 0.25) is 0 Å². The summed E-state index contributed by atoms with van der Waals surface area (Å²) in [5.74, 6) is 4.05. The van der Waals surface area contributed by atoms with E-state index in [9.17, 15) is 15.0 Å². The molecule has 4 fully saturated rings. The number of likely N-dealkylation sites (tertiary alicyclic amines) is 1. The lowest BCUT2D eigenvalue weighted by atomic mass is 9.75. The zero-order chi connectivity index (χ0) is 17.3. The molecule has 5 nitrogen and oxygen atoms in total. The topological polar surface area (TPSA) is 70.0 Å².